The number of carbonyl (C=O) groups is 1. The van der Waals surface area contributed by atoms with E-state index < -0.39 is 5.97 Å². The van der Waals surface area contributed by atoms with Crippen molar-refractivity contribution in [3.8, 4) is 5.75 Å². The Hall–Kier alpha value is -1.55. The second-order valence-electron chi connectivity index (χ2n) is 2.80. The van der Waals surface area contributed by atoms with Crippen LogP contribution >= 0.6 is 11.6 Å². The van der Waals surface area contributed by atoms with Crippen LogP contribution in [-0.2, 0) is 9.53 Å². The minimum Gasteiger partial charge on any atom is -0.496 e. The maximum atomic E-state index is 11.1. The molecule has 0 spiro atoms. The van der Waals surface area contributed by atoms with Crippen LogP contribution in [0.25, 0.3) is 6.08 Å². The molecule has 86 valence electrons. The van der Waals surface area contributed by atoms with Crippen LogP contribution in [0.4, 0.5) is 0 Å². The molecule has 0 aliphatic heterocycles. The van der Waals surface area contributed by atoms with Gasteiger partial charge in [-0.15, -0.1) is 0 Å². The predicted molar refractivity (Wildman–Crippen MR) is 61.5 cm³/mol. The van der Waals surface area contributed by atoms with Gasteiger partial charge in [0.1, 0.15) is 10.9 Å². The largest absolute Gasteiger partial charge is 0.496 e. The summed E-state index contributed by atoms with van der Waals surface area (Å²) < 4.78 is 9.84. The van der Waals surface area contributed by atoms with Crippen LogP contribution in [0, 0.1) is 0 Å². The highest BCUT2D eigenvalue weighted by Gasteiger charge is 2.06. The highest BCUT2D eigenvalue weighted by molar-refractivity contribution is 6.31. The molecule has 1 rings (SSSR count). The van der Waals surface area contributed by atoms with Crippen molar-refractivity contribution in [2.45, 2.75) is 6.92 Å². The lowest BCUT2D eigenvalue weighted by molar-refractivity contribution is -0.137. The fraction of sp³-hybridized carbons (Fsp3) is 0.273. The molecule has 0 N–H and O–H groups in total. The Morgan fingerprint density at radius 1 is 1.62 bits per heavy atom. The number of hydrogen-bond donors (Lipinski definition) is 0. The summed E-state index contributed by atoms with van der Waals surface area (Å²) in [6.45, 7) is 2.07. The molecule has 0 radical (unpaired) electrons. The summed E-state index contributed by atoms with van der Waals surface area (Å²) in [5, 5.41) is 0.278. The average Bonchev–Trinajstić information content (AvgIpc) is 2.27. The first kappa shape index (κ1) is 12.5. The zero-order chi connectivity index (χ0) is 12.0. The molecule has 1 aromatic rings. The van der Waals surface area contributed by atoms with E-state index in [4.69, 9.17) is 21.1 Å². The van der Waals surface area contributed by atoms with Gasteiger partial charge in [-0.1, -0.05) is 11.6 Å². The summed E-state index contributed by atoms with van der Waals surface area (Å²) in [5.41, 5.74) is 0.555. The number of hydrogen-bond acceptors (Lipinski definition) is 4. The lowest BCUT2D eigenvalue weighted by Gasteiger charge is -2.04. The highest BCUT2D eigenvalue weighted by atomic mass is 35.5. The molecule has 0 fully saturated rings. The molecule has 0 amide bonds. The molecule has 0 aromatic carbocycles. The molecule has 0 bridgehead atoms. The Morgan fingerprint density at radius 2 is 2.38 bits per heavy atom. The Labute approximate surface area is 98.8 Å². The van der Waals surface area contributed by atoms with Crippen LogP contribution < -0.4 is 4.74 Å². The summed E-state index contributed by atoms with van der Waals surface area (Å²) in [6, 6.07) is 1.66. The molecular formula is C11H12ClNO3. The van der Waals surface area contributed by atoms with Gasteiger partial charge >= 0.3 is 5.97 Å². The van der Waals surface area contributed by atoms with Crippen LogP contribution in [0.2, 0.25) is 5.15 Å². The zero-order valence-electron chi connectivity index (χ0n) is 9.07. The maximum Gasteiger partial charge on any atom is 0.330 e. The zero-order valence-corrected chi connectivity index (χ0v) is 9.82. The molecule has 0 atom stereocenters. The summed E-state index contributed by atoms with van der Waals surface area (Å²) >= 11 is 5.87. The van der Waals surface area contributed by atoms with E-state index >= 15 is 0 Å². The monoisotopic (exact) mass is 241 g/mol. The van der Waals surface area contributed by atoms with Crippen LogP contribution in [0.1, 0.15) is 12.5 Å². The van der Waals surface area contributed by atoms with Gasteiger partial charge < -0.3 is 9.47 Å². The van der Waals surface area contributed by atoms with E-state index in [2.05, 4.69) is 4.98 Å². The first-order chi connectivity index (χ1) is 7.69. The Bertz CT molecular complexity index is 404. The van der Waals surface area contributed by atoms with E-state index in [-0.39, 0.29) is 5.15 Å². The molecule has 4 nitrogen and oxygen atoms in total. The number of rotatable bonds is 4. The van der Waals surface area contributed by atoms with Crippen molar-refractivity contribution in [1.82, 2.24) is 4.98 Å². The lowest BCUT2D eigenvalue weighted by Crippen LogP contribution is -1.99. The van der Waals surface area contributed by atoms with Crippen molar-refractivity contribution in [2.24, 2.45) is 0 Å². The number of nitrogens with zero attached hydrogens (tertiary/aromatic N) is 1. The molecular weight excluding hydrogens is 230 g/mol. The van der Waals surface area contributed by atoms with Gasteiger partial charge in [-0.05, 0) is 19.1 Å². The quantitative estimate of drug-likeness (QED) is 0.461. The molecule has 0 saturated heterocycles. The van der Waals surface area contributed by atoms with Gasteiger partial charge in [-0.3, -0.25) is 0 Å². The standard InChI is InChI=1S/C11H12ClNO3/c1-3-16-10(14)5-4-8-9(15-2)6-7-13-11(8)12/h4-7H,3H2,1-2H3. The van der Waals surface area contributed by atoms with E-state index in [0.717, 1.165) is 0 Å². The number of carbonyl (C=O) groups excluding carboxylic acids is 1. The Kier molecular flexibility index (Phi) is 4.79. The number of pyridine rings is 1. The molecule has 1 heterocycles. The van der Waals surface area contributed by atoms with Gasteiger partial charge in [-0.25, -0.2) is 9.78 Å². The third-order valence-corrected chi connectivity index (χ3v) is 2.10. The fourth-order valence-corrected chi connectivity index (χ4v) is 1.31. The molecule has 0 unspecified atom stereocenters. The maximum absolute atomic E-state index is 11.1. The third-order valence-electron chi connectivity index (χ3n) is 1.79. The smallest absolute Gasteiger partial charge is 0.330 e. The van der Waals surface area contributed by atoms with Crippen LogP contribution in [0.5, 0.6) is 5.75 Å². The van der Waals surface area contributed by atoms with Gasteiger partial charge in [0.2, 0.25) is 0 Å². The first-order valence-corrected chi connectivity index (χ1v) is 5.10. The molecule has 0 saturated carbocycles. The minimum atomic E-state index is -0.426. The second kappa shape index (κ2) is 6.12. The predicted octanol–water partition coefficient (Wildman–Crippen LogP) is 2.32. The highest BCUT2D eigenvalue weighted by Crippen LogP contribution is 2.25. The molecule has 16 heavy (non-hydrogen) atoms. The van der Waals surface area contributed by atoms with Crippen LogP contribution in [-0.4, -0.2) is 24.7 Å². The van der Waals surface area contributed by atoms with E-state index in [1.54, 1.807) is 13.0 Å². The third kappa shape index (κ3) is 3.24. The Balaban J connectivity index is 2.91. The van der Waals surface area contributed by atoms with Crippen molar-refractivity contribution >= 4 is 23.6 Å². The van der Waals surface area contributed by atoms with Crippen molar-refractivity contribution in [3.63, 3.8) is 0 Å². The summed E-state index contributed by atoms with van der Waals surface area (Å²) in [6.07, 6.45) is 4.34. The molecule has 5 heteroatoms. The van der Waals surface area contributed by atoms with E-state index in [9.17, 15) is 4.79 Å². The van der Waals surface area contributed by atoms with Crippen LogP contribution in [0.15, 0.2) is 18.3 Å². The molecule has 0 aliphatic carbocycles. The van der Waals surface area contributed by atoms with Crippen molar-refractivity contribution in [1.29, 1.82) is 0 Å². The molecule has 0 aliphatic rings. The fourth-order valence-electron chi connectivity index (χ4n) is 1.10. The van der Waals surface area contributed by atoms with Gasteiger partial charge in [0.15, 0.2) is 0 Å². The second-order valence-corrected chi connectivity index (χ2v) is 3.16. The lowest BCUT2D eigenvalue weighted by atomic mass is 10.2. The number of halogens is 1. The number of ether oxygens (including phenoxy) is 2. The number of aromatic nitrogens is 1. The van der Waals surface area contributed by atoms with Gasteiger partial charge in [0, 0.05) is 12.3 Å². The van der Waals surface area contributed by atoms with Gasteiger partial charge in [0.05, 0.1) is 19.3 Å². The van der Waals surface area contributed by atoms with Crippen molar-refractivity contribution in [3.05, 3.63) is 29.1 Å². The number of esters is 1. The summed E-state index contributed by atoms with van der Waals surface area (Å²) in [5.74, 6) is 0.130. The van der Waals surface area contributed by atoms with Gasteiger partial charge in [0.25, 0.3) is 0 Å². The first-order valence-electron chi connectivity index (χ1n) is 4.72. The summed E-state index contributed by atoms with van der Waals surface area (Å²) in [4.78, 5) is 15.0. The van der Waals surface area contributed by atoms with Crippen molar-refractivity contribution < 1.29 is 14.3 Å². The van der Waals surface area contributed by atoms with E-state index in [1.165, 1.54) is 25.5 Å². The SMILES string of the molecule is CCOC(=O)C=Cc1c(OC)ccnc1Cl. The topological polar surface area (TPSA) is 48.4 Å². The average molecular weight is 242 g/mol. The van der Waals surface area contributed by atoms with E-state index in [1.807, 2.05) is 0 Å². The Morgan fingerprint density at radius 3 is 3.00 bits per heavy atom. The summed E-state index contributed by atoms with van der Waals surface area (Å²) in [7, 11) is 1.52. The normalized spacial score (nSPS) is 10.4. The van der Waals surface area contributed by atoms with Crippen LogP contribution in [0.3, 0.4) is 0 Å². The van der Waals surface area contributed by atoms with E-state index in [0.29, 0.717) is 17.9 Å². The van der Waals surface area contributed by atoms with Crippen molar-refractivity contribution in [2.75, 3.05) is 13.7 Å². The van der Waals surface area contributed by atoms with Gasteiger partial charge in [-0.2, -0.15) is 0 Å². The minimum absolute atomic E-state index is 0.278. The molecule has 1 aromatic heterocycles. The number of methoxy groups -OCH3 is 1.